The normalized spacial score (nSPS) is 17.8. The topological polar surface area (TPSA) is 69.6 Å². The predicted molar refractivity (Wildman–Crippen MR) is 69.4 cm³/mol. The van der Waals surface area contributed by atoms with Gasteiger partial charge in [-0.2, -0.15) is 0 Å². The number of benzene rings is 1. The molecule has 0 amide bonds. The molecule has 1 aliphatic rings. The van der Waals surface area contributed by atoms with Crippen LogP contribution in [0.3, 0.4) is 0 Å². The molecule has 0 bridgehead atoms. The van der Waals surface area contributed by atoms with Crippen molar-refractivity contribution in [3.8, 4) is 5.75 Å². The molecule has 1 fully saturated rings. The zero-order chi connectivity index (χ0) is 13.2. The first-order chi connectivity index (χ1) is 8.48. The van der Waals surface area contributed by atoms with E-state index in [4.69, 9.17) is 0 Å². The lowest BCUT2D eigenvalue weighted by molar-refractivity contribution is 0.229. The fourth-order valence-electron chi connectivity index (χ4n) is 2.15. The molecule has 0 atom stereocenters. The molecule has 0 spiro atoms. The summed E-state index contributed by atoms with van der Waals surface area (Å²) in [6, 6.07) is 4.64. The van der Waals surface area contributed by atoms with Gasteiger partial charge in [0.05, 0.1) is 4.90 Å². The second-order valence-corrected chi connectivity index (χ2v) is 6.54. The first-order valence-electron chi connectivity index (χ1n) is 5.92. The van der Waals surface area contributed by atoms with E-state index in [2.05, 4.69) is 10.2 Å². The smallest absolute Gasteiger partial charge is 0.175 e. The number of piperazine rings is 1. The SMILES string of the molecule is CS(=O)(=O)c1cccc(O)c1CN1CCNCC1. The maximum atomic E-state index is 11.7. The molecule has 1 saturated heterocycles. The molecule has 5 nitrogen and oxygen atoms in total. The Labute approximate surface area is 107 Å². The molecule has 0 saturated carbocycles. The standard InChI is InChI=1S/C12H18N2O3S/c1-18(16,17)12-4-2-3-11(15)10(12)9-14-7-5-13-6-8-14/h2-4,13,15H,5-9H2,1H3. The van der Waals surface area contributed by atoms with Gasteiger partial charge in [0.15, 0.2) is 9.84 Å². The van der Waals surface area contributed by atoms with Gasteiger partial charge in [0, 0.05) is 44.5 Å². The van der Waals surface area contributed by atoms with Crippen LogP contribution in [0.25, 0.3) is 0 Å². The Morgan fingerprint density at radius 1 is 1.33 bits per heavy atom. The summed E-state index contributed by atoms with van der Waals surface area (Å²) in [5, 5.41) is 13.1. The molecule has 18 heavy (non-hydrogen) atoms. The van der Waals surface area contributed by atoms with Crippen molar-refractivity contribution in [1.82, 2.24) is 10.2 Å². The van der Waals surface area contributed by atoms with Gasteiger partial charge in [0.25, 0.3) is 0 Å². The zero-order valence-electron chi connectivity index (χ0n) is 10.4. The molecule has 1 aliphatic heterocycles. The minimum atomic E-state index is -3.31. The third-order valence-electron chi connectivity index (χ3n) is 3.10. The predicted octanol–water partition coefficient (Wildman–Crippen LogP) is 0.201. The highest BCUT2D eigenvalue weighted by Gasteiger charge is 2.19. The van der Waals surface area contributed by atoms with Crippen LogP contribution in [0.2, 0.25) is 0 Å². The highest BCUT2D eigenvalue weighted by atomic mass is 32.2. The van der Waals surface area contributed by atoms with Crippen LogP contribution in [0.1, 0.15) is 5.56 Å². The Balaban J connectivity index is 2.31. The molecule has 0 radical (unpaired) electrons. The van der Waals surface area contributed by atoms with E-state index in [1.54, 1.807) is 12.1 Å². The van der Waals surface area contributed by atoms with Crippen LogP contribution < -0.4 is 5.32 Å². The van der Waals surface area contributed by atoms with Gasteiger partial charge in [-0.15, -0.1) is 0 Å². The number of phenols is 1. The molecular weight excluding hydrogens is 252 g/mol. The Kier molecular flexibility index (Phi) is 3.89. The van der Waals surface area contributed by atoms with Crippen molar-refractivity contribution < 1.29 is 13.5 Å². The summed E-state index contributed by atoms with van der Waals surface area (Å²) in [6.07, 6.45) is 1.17. The quantitative estimate of drug-likeness (QED) is 0.821. The number of nitrogens with one attached hydrogen (secondary N) is 1. The van der Waals surface area contributed by atoms with Crippen LogP contribution in [0.5, 0.6) is 5.75 Å². The third kappa shape index (κ3) is 3.01. The number of hydrogen-bond acceptors (Lipinski definition) is 5. The lowest BCUT2D eigenvalue weighted by Gasteiger charge is -2.28. The van der Waals surface area contributed by atoms with Crippen LogP contribution in [0, 0.1) is 0 Å². The number of phenolic OH excluding ortho intramolecular Hbond substituents is 1. The van der Waals surface area contributed by atoms with Gasteiger partial charge in [-0.25, -0.2) is 8.42 Å². The Morgan fingerprint density at radius 3 is 2.61 bits per heavy atom. The second kappa shape index (κ2) is 5.26. The van der Waals surface area contributed by atoms with Crippen molar-refractivity contribution in [2.24, 2.45) is 0 Å². The van der Waals surface area contributed by atoms with Crippen molar-refractivity contribution in [2.45, 2.75) is 11.4 Å². The molecule has 0 aliphatic carbocycles. The fraction of sp³-hybridized carbons (Fsp3) is 0.500. The van der Waals surface area contributed by atoms with Gasteiger partial charge in [-0.3, -0.25) is 4.90 Å². The van der Waals surface area contributed by atoms with E-state index in [1.165, 1.54) is 12.3 Å². The summed E-state index contributed by atoms with van der Waals surface area (Å²) in [5.41, 5.74) is 0.502. The molecule has 1 aromatic rings. The van der Waals surface area contributed by atoms with Gasteiger partial charge in [0.1, 0.15) is 5.75 Å². The van der Waals surface area contributed by atoms with Gasteiger partial charge in [-0.1, -0.05) is 6.07 Å². The molecule has 100 valence electrons. The molecule has 2 N–H and O–H groups in total. The maximum absolute atomic E-state index is 11.7. The average molecular weight is 270 g/mol. The monoisotopic (exact) mass is 270 g/mol. The summed E-state index contributed by atoms with van der Waals surface area (Å²) in [6.45, 7) is 3.97. The maximum Gasteiger partial charge on any atom is 0.175 e. The summed E-state index contributed by atoms with van der Waals surface area (Å²) in [7, 11) is -3.31. The van der Waals surface area contributed by atoms with Crippen LogP contribution in [-0.2, 0) is 16.4 Å². The van der Waals surface area contributed by atoms with Crippen molar-refractivity contribution in [2.75, 3.05) is 32.4 Å². The third-order valence-corrected chi connectivity index (χ3v) is 4.28. The lowest BCUT2D eigenvalue weighted by atomic mass is 10.1. The molecule has 0 unspecified atom stereocenters. The van der Waals surface area contributed by atoms with E-state index in [9.17, 15) is 13.5 Å². The van der Waals surface area contributed by atoms with Crippen LogP contribution in [0.15, 0.2) is 23.1 Å². The Bertz CT molecular complexity index is 522. The van der Waals surface area contributed by atoms with Crippen molar-refractivity contribution in [3.05, 3.63) is 23.8 Å². The number of rotatable bonds is 3. The summed E-state index contributed by atoms with van der Waals surface area (Å²) in [4.78, 5) is 2.36. The molecule has 6 heteroatoms. The largest absolute Gasteiger partial charge is 0.508 e. The first kappa shape index (κ1) is 13.3. The summed E-state index contributed by atoms with van der Waals surface area (Å²) in [5.74, 6) is 0.0523. The van der Waals surface area contributed by atoms with Crippen LogP contribution in [-0.4, -0.2) is 50.9 Å². The highest BCUT2D eigenvalue weighted by molar-refractivity contribution is 7.90. The number of nitrogens with zero attached hydrogens (tertiary/aromatic N) is 1. The number of aromatic hydroxyl groups is 1. The lowest BCUT2D eigenvalue weighted by Crippen LogP contribution is -2.43. The summed E-state index contributed by atoms with van der Waals surface area (Å²) >= 11 is 0. The van der Waals surface area contributed by atoms with E-state index >= 15 is 0 Å². The van der Waals surface area contributed by atoms with E-state index in [0.29, 0.717) is 12.1 Å². The van der Waals surface area contributed by atoms with Crippen molar-refractivity contribution in [1.29, 1.82) is 0 Å². The number of hydrogen-bond donors (Lipinski definition) is 2. The van der Waals surface area contributed by atoms with E-state index < -0.39 is 9.84 Å². The van der Waals surface area contributed by atoms with E-state index in [-0.39, 0.29) is 10.6 Å². The Morgan fingerprint density at radius 2 is 2.00 bits per heavy atom. The summed E-state index contributed by atoms with van der Waals surface area (Å²) < 4.78 is 23.4. The van der Waals surface area contributed by atoms with Crippen molar-refractivity contribution in [3.63, 3.8) is 0 Å². The van der Waals surface area contributed by atoms with Gasteiger partial charge < -0.3 is 10.4 Å². The molecular formula is C12H18N2O3S. The van der Waals surface area contributed by atoms with Gasteiger partial charge in [-0.05, 0) is 12.1 Å². The average Bonchev–Trinajstić information content (AvgIpc) is 2.32. The van der Waals surface area contributed by atoms with Crippen molar-refractivity contribution >= 4 is 9.84 Å². The molecule has 0 aromatic heterocycles. The minimum absolute atomic E-state index is 0.0523. The van der Waals surface area contributed by atoms with Crippen LogP contribution in [0.4, 0.5) is 0 Å². The molecule has 1 aromatic carbocycles. The van der Waals surface area contributed by atoms with E-state index in [0.717, 1.165) is 26.2 Å². The van der Waals surface area contributed by atoms with Gasteiger partial charge >= 0.3 is 0 Å². The zero-order valence-corrected chi connectivity index (χ0v) is 11.2. The minimum Gasteiger partial charge on any atom is -0.508 e. The van der Waals surface area contributed by atoms with Crippen LogP contribution >= 0.6 is 0 Å². The fourth-order valence-corrected chi connectivity index (χ4v) is 3.10. The Hall–Kier alpha value is -1.11. The second-order valence-electron chi connectivity index (χ2n) is 4.55. The molecule has 1 heterocycles. The first-order valence-corrected chi connectivity index (χ1v) is 7.81. The highest BCUT2D eigenvalue weighted by Crippen LogP contribution is 2.26. The number of sulfone groups is 1. The van der Waals surface area contributed by atoms with E-state index in [1.807, 2.05) is 0 Å². The molecule has 2 rings (SSSR count). The van der Waals surface area contributed by atoms with Gasteiger partial charge in [0.2, 0.25) is 0 Å².